The molecule has 20 heavy (non-hydrogen) atoms. The van der Waals surface area contributed by atoms with E-state index in [1.54, 1.807) is 19.9 Å². The monoisotopic (exact) mass is 329 g/mol. The van der Waals surface area contributed by atoms with E-state index in [0.29, 0.717) is 0 Å². The lowest BCUT2D eigenvalue weighted by Gasteiger charge is -2.33. The van der Waals surface area contributed by atoms with Crippen LogP contribution in [0.4, 0.5) is 0 Å². The molecule has 0 spiro atoms. The van der Waals surface area contributed by atoms with Crippen LogP contribution in [0.3, 0.4) is 0 Å². The van der Waals surface area contributed by atoms with Crippen LogP contribution in [-0.4, -0.2) is 32.8 Å². The Bertz CT molecular complexity index is 418. The first-order chi connectivity index (χ1) is 9.32. The molecule has 0 saturated carbocycles. The van der Waals surface area contributed by atoms with Crippen molar-refractivity contribution in [3.8, 4) is 6.07 Å². The SMILES string of the molecule is CCOP(=O)(OCC)C(C#N)(CC)OP(=O)(OC)OC. The van der Waals surface area contributed by atoms with Crippen molar-refractivity contribution in [2.24, 2.45) is 0 Å². The Morgan fingerprint density at radius 2 is 1.50 bits per heavy atom. The molecule has 0 radical (unpaired) electrons. The minimum absolute atomic E-state index is 0.0360. The summed E-state index contributed by atoms with van der Waals surface area (Å²) in [7, 11) is -5.85. The predicted molar refractivity (Wildman–Crippen MR) is 72.2 cm³/mol. The van der Waals surface area contributed by atoms with Gasteiger partial charge in [-0.15, -0.1) is 0 Å². The van der Waals surface area contributed by atoms with Gasteiger partial charge in [0.05, 0.1) is 13.2 Å². The zero-order valence-corrected chi connectivity index (χ0v) is 14.1. The molecule has 1 atom stereocenters. The Hall–Kier alpha value is -0.250. The van der Waals surface area contributed by atoms with Gasteiger partial charge < -0.3 is 9.05 Å². The molecule has 118 valence electrons. The third-order valence-electron chi connectivity index (χ3n) is 2.40. The molecule has 0 aromatic carbocycles. The van der Waals surface area contributed by atoms with Gasteiger partial charge in [-0.2, -0.15) is 5.26 Å². The predicted octanol–water partition coefficient (Wildman–Crippen LogP) is 3.30. The number of nitrogens with zero attached hydrogens (tertiary/aromatic N) is 1. The van der Waals surface area contributed by atoms with Crippen LogP contribution in [0.2, 0.25) is 0 Å². The number of hydrogen-bond donors (Lipinski definition) is 0. The lowest BCUT2D eigenvalue weighted by molar-refractivity contribution is 0.0728. The molecule has 0 fully saturated rings. The summed E-state index contributed by atoms with van der Waals surface area (Å²) in [5, 5.41) is 7.31. The summed E-state index contributed by atoms with van der Waals surface area (Å²) in [6.07, 6.45) is -0.0858. The van der Waals surface area contributed by atoms with Crippen molar-refractivity contribution in [3.63, 3.8) is 0 Å². The molecule has 0 N–H and O–H groups in total. The molecular weight excluding hydrogens is 308 g/mol. The summed E-state index contributed by atoms with van der Waals surface area (Å²) >= 11 is 0. The van der Waals surface area contributed by atoms with Gasteiger partial charge in [-0.25, -0.2) is 4.57 Å². The number of hydrogen-bond acceptors (Lipinski definition) is 8. The Morgan fingerprint density at radius 1 is 1.05 bits per heavy atom. The molecule has 0 saturated heterocycles. The van der Waals surface area contributed by atoms with E-state index in [9.17, 15) is 14.4 Å². The summed E-state index contributed by atoms with van der Waals surface area (Å²) in [5.74, 6) is 0. The molecule has 0 aliphatic heterocycles. The van der Waals surface area contributed by atoms with Gasteiger partial charge in [-0.05, 0) is 20.3 Å². The van der Waals surface area contributed by atoms with E-state index >= 15 is 0 Å². The molecule has 0 aliphatic rings. The Morgan fingerprint density at radius 3 is 1.75 bits per heavy atom. The van der Waals surface area contributed by atoms with Crippen molar-refractivity contribution in [1.29, 1.82) is 5.26 Å². The molecular formula is C10H21NO7P2. The van der Waals surface area contributed by atoms with Crippen molar-refractivity contribution in [2.45, 2.75) is 32.5 Å². The van der Waals surface area contributed by atoms with Crippen LogP contribution in [0.5, 0.6) is 0 Å². The normalized spacial score (nSPS) is 15.6. The summed E-state index contributed by atoms with van der Waals surface area (Å²) in [4.78, 5) is 0. The van der Waals surface area contributed by atoms with E-state index in [4.69, 9.17) is 13.6 Å². The van der Waals surface area contributed by atoms with Gasteiger partial charge >= 0.3 is 15.4 Å². The van der Waals surface area contributed by atoms with Crippen molar-refractivity contribution >= 4 is 15.4 Å². The topological polar surface area (TPSA) is 104 Å². The maximum Gasteiger partial charge on any atom is 0.476 e. The van der Waals surface area contributed by atoms with Crippen LogP contribution in [0.15, 0.2) is 0 Å². The summed E-state index contributed by atoms with van der Waals surface area (Å²) in [6.45, 7) is 4.79. The molecule has 0 aromatic rings. The van der Waals surface area contributed by atoms with Crippen molar-refractivity contribution < 1.29 is 31.7 Å². The number of phosphoric ester groups is 1. The minimum atomic E-state index is -4.03. The molecule has 10 heteroatoms. The second kappa shape index (κ2) is 8.26. The molecule has 0 bridgehead atoms. The van der Waals surface area contributed by atoms with Gasteiger partial charge in [0, 0.05) is 14.2 Å². The standard InChI is InChI=1S/C10H21NO7P2/c1-6-10(9-11,18-20(13,14-4)15-5)19(12,16-7-2)17-8-3/h6-8H2,1-5H3. The Balaban J connectivity index is 5.75. The van der Waals surface area contributed by atoms with Gasteiger partial charge in [0.25, 0.3) is 5.34 Å². The summed E-state index contributed by atoms with van der Waals surface area (Å²) in [5.41, 5.74) is 0. The molecule has 0 aliphatic carbocycles. The van der Waals surface area contributed by atoms with E-state index in [1.807, 2.05) is 0 Å². The van der Waals surface area contributed by atoms with Gasteiger partial charge in [0.1, 0.15) is 6.07 Å². The average Bonchev–Trinajstić information content (AvgIpc) is 2.45. The van der Waals surface area contributed by atoms with Gasteiger partial charge in [-0.1, -0.05) is 6.92 Å². The second-order valence-corrected chi connectivity index (χ2v) is 7.53. The van der Waals surface area contributed by atoms with Crippen LogP contribution < -0.4 is 0 Å². The van der Waals surface area contributed by atoms with Crippen molar-refractivity contribution in [1.82, 2.24) is 0 Å². The molecule has 1 unspecified atom stereocenters. The largest absolute Gasteiger partial charge is 0.476 e. The fourth-order valence-corrected chi connectivity index (χ4v) is 4.61. The van der Waals surface area contributed by atoms with Crippen LogP contribution >= 0.6 is 15.4 Å². The molecule has 8 nitrogen and oxygen atoms in total. The smallest absolute Gasteiger partial charge is 0.306 e. The summed E-state index contributed by atoms with van der Waals surface area (Å²) in [6, 6.07) is 1.73. The van der Waals surface area contributed by atoms with E-state index in [-0.39, 0.29) is 19.6 Å². The number of rotatable bonds is 10. The van der Waals surface area contributed by atoms with Crippen LogP contribution in [0, 0.1) is 11.3 Å². The first-order valence-corrected chi connectivity index (χ1v) is 9.05. The minimum Gasteiger partial charge on any atom is -0.306 e. The zero-order valence-electron chi connectivity index (χ0n) is 12.3. The summed E-state index contributed by atoms with van der Waals surface area (Å²) < 4.78 is 49.5. The van der Waals surface area contributed by atoms with Gasteiger partial charge in [-0.3, -0.25) is 18.1 Å². The van der Waals surface area contributed by atoms with Crippen LogP contribution in [0.1, 0.15) is 27.2 Å². The van der Waals surface area contributed by atoms with Crippen LogP contribution in [0.25, 0.3) is 0 Å². The van der Waals surface area contributed by atoms with E-state index in [2.05, 4.69) is 9.05 Å². The Kier molecular flexibility index (Phi) is 8.15. The highest BCUT2D eigenvalue weighted by molar-refractivity contribution is 7.57. The first-order valence-electron chi connectivity index (χ1n) is 6.05. The molecule has 0 rings (SSSR count). The molecule has 0 amide bonds. The number of phosphoric acid groups is 1. The van der Waals surface area contributed by atoms with E-state index in [1.165, 1.54) is 6.92 Å². The third kappa shape index (κ3) is 4.12. The second-order valence-electron chi connectivity index (χ2n) is 3.49. The zero-order chi connectivity index (χ0) is 15.9. The van der Waals surface area contributed by atoms with Gasteiger partial charge in [0.15, 0.2) is 0 Å². The highest BCUT2D eigenvalue weighted by Gasteiger charge is 2.56. The van der Waals surface area contributed by atoms with Gasteiger partial charge in [0.2, 0.25) is 0 Å². The maximum atomic E-state index is 12.8. The fraction of sp³-hybridized carbons (Fsp3) is 0.900. The lowest BCUT2D eigenvalue weighted by atomic mass is 10.3. The van der Waals surface area contributed by atoms with Crippen molar-refractivity contribution in [2.75, 3.05) is 27.4 Å². The maximum absolute atomic E-state index is 12.8. The van der Waals surface area contributed by atoms with Crippen molar-refractivity contribution in [3.05, 3.63) is 0 Å². The molecule has 0 aromatic heterocycles. The van der Waals surface area contributed by atoms with E-state index < -0.39 is 20.8 Å². The fourth-order valence-electron chi connectivity index (χ4n) is 1.39. The van der Waals surface area contributed by atoms with E-state index in [0.717, 1.165) is 14.2 Å². The molecule has 0 heterocycles. The highest BCUT2D eigenvalue weighted by atomic mass is 31.2. The quantitative estimate of drug-likeness (QED) is 0.562. The Labute approximate surface area is 119 Å². The average molecular weight is 329 g/mol. The first kappa shape index (κ1) is 19.8. The third-order valence-corrected chi connectivity index (χ3v) is 6.57. The highest BCUT2D eigenvalue weighted by Crippen LogP contribution is 2.67. The number of nitriles is 1. The van der Waals surface area contributed by atoms with Crippen LogP contribution in [-0.2, 0) is 31.7 Å². The lowest BCUT2D eigenvalue weighted by Crippen LogP contribution is -2.31.